The van der Waals surface area contributed by atoms with Crippen molar-refractivity contribution in [3.05, 3.63) is 33.2 Å². The average Bonchev–Trinajstić information content (AvgIpc) is 2.99. The fourth-order valence-corrected chi connectivity index (χ4v) is 4.38. The van der Waals surface area contributed by atoms with Crippen LogP contribution in [0.3, 0.4) is 0 Å². The van der Waals surface area contributed by atoms with E-state index in [0.29, 0.717) is 16.4 Å². The summed E-state index contributed by atoms with van der Waals surface area (Å²) in [6.07, 6.45) is 6.75. The van der Waals surface area contributed by atoms with Crippen LogP contribution in [0.5, 0.6) is 0 Å². The number of aromatic nitrogens is 2. The standard InChI is InChI=1S/C13H18N2S4/c1-9(16)6-10(13-15-3-5-19-13)7-11(17)8-12-14-2-4-18-12/h2-5,9-11,16-17H,6-8H2,1H3. The van der Waals surface area contributed by atoms with E-state index in [1.54, 1.807) is 22.7 Å². The van der Waals surface area contributed by atoms with Crippen molar-refractivity contribution in [1.29, 1.82) is 0 Å². The number of hydrogen-bond donors (Lipinski definition) is 2. The quantitative estimate of drug-likeness (QED) is 0.739. The Labute approximate surface area is 133 Å². The van der Waals surface area contributed by atoms with Crippen molar-refractivity contribution in [1.82, 2.24) is 9.97 Å². The number of hydrogen-bond acceptors (Lipinski definition) is 6. The van der Waals surface area contributed by atoms with Crippen LogP contribution in [0.1, 0.15) is 35.7 Å². The molecule has 0 bridgehead atoms. The molecule has 104 valence electrons. The van der Waals surface area contributed by atoms with Crippen molar-refractivity contribution < 1.29 is 0 Å². The minimum atomic E-state index is 0.326. The molecule has 0 fully saturated rings. The van der Waals surface area contributed by atoms with Crippen molar-refractivity contribution in [3.8, 4) is 0 Å². The van der Waals surface area contributed by atoms with Gasteiger partial charge < -0.3 is 0 Å². The monoisotopic (exact) mass is 330 g/mol. The van der Waals surface area contributed by atoms with E-state index in [1.807, 2.05) is 23.2 Å². The summed E-state index contributed by atoms with van der Waals surface area (Å²) < 4.78 is 0. The minimum absolute atomic E-state index is 0.326. The van der Waals surface area contributed by atoms with Crippen LogP contribution in [-0.2, 0) is 6.42 Å². The summed E-state index contributed by atoms with van der Waals surface area (Å²) in [5.74, 6) is 0.454. The van der Waals surface area contributed by atoms with Crippen molar-refractivity contribution in [2.45, 2.75) is 42.6 Å². The first-order valence-electron chi connectivity index (χ1n) is 6.29. The molecule has 0 aromatic carbocycles. The normalized spacial score (nSPS) is 16.2. The lowest BCUT2D eigenvalue weighted by atomic mass is 9.97. The summed E-state index contributed by atoms with van der Waals surface area (Å²) in [5, 5.41) is 7.14. The molecule has 0 saturated carbocycles. The van der Waals surface area contributed by atoms with Gasteiger partial charge in [0.25, 0.3) is 0 Å². The maximum absolute atomic E-state index is 4.73. The molecule has 2 heterocycles. The topological polar surface area (TPSA) is 25.8 Å². The summed E-state index contributed by atoms with van der Waals surface area (Å²) >= 11 is 12.7. The van der Waals surface area contributed by atoms with Crippen LogP contribution in [0.2, 0.25) is 0 Å². The predicted octanol–water partition coefficient (Wildman–Crippen LogP) is 4.32. The van der Waals surface area contributed by atoms with Gasteiger partial charge in [0.1, 0.15) is 0 Å². The van der Waals surface area contributed by atoms with E-state index in [-0.39, 0.29) is 0 Å². The van der Waals surface area contributed by atoms with E-state index in [4.69, 9.17) is 12.6 Å². The van der Waals surface area contributed by atoms with E-state index in [0.717, 1.165) is 24.3 Å². The van der Waals surface area contributed by atoms with E-state index in [1.165, 1.54) is 5.01 Å². The van der Waals surface area contributed by atoms with E-state index < -0.39 is 0 Å². The molecule has 0 aliphatic carbocycles. The SMILES string of the molecule is CC(S)CC(CC(S)Cc1nccs1)c1nccs1. The Kier molecular flexibility index (Phi) is 6.19. The first-order chi connectivity index (χ1) is 9.15. The molecule has 2 rings (SSSR count). The lowest BCUT2D eigenvalue weighted by Crippen LogP contribution is -2.13. The molecular formula is C13H18N2S4. The highest BCUT2D eigenvalue weighted by atomic mass is 32.1. The Morgan fingerprint density at radius 1 is 1.11 bits per heavy atom. The summed E-state index contributed by atoms with van der Waals surface area (Å²) in [6, 6.07) is 0. The van der Waals surface area contributed by atoms with Gasteiger partial charge in [-0.25, -0.2) is 9.97 Å². The van der Waals surface area contributed by atoms with Crippen molar-refractivity contribution >= 4 is 47.9 Å². The maximum atomic E-state index is 4.73. The highest BCUT2D eigenvalue weighted by molar-refractivity contribution is 7.81. The van der Waals surface area contributed by atoms with Gasteiger partial charge in [-0.2, -0.15) is 25.3 Å². The maximum Gasteiger partial charge on any atom is 0.0956 e. The van der Waals surface area contributed by atoms with Crippen LogP contribution in [0.25, 0.3) is 0 Å². The lowest BCUT2D eigenvalue weighted by Gasteiger charge is -2.19. The second-order valence-corrected chi connectivity index (χ2v) is 8.19. The second-order valence-electron chi connectivity index (χ2n) is 4.67. The third kappa shape index (κ3) is 5.10. The molecule has 0 N–H and O–H groups in total. The molecule has 0 amide bonds. The van der Waals surface area contributed by atoms with Crippen LogP contribution in [0.15, 0.2) is 23.2 Å². The number of thiazole rings is 2. The summed E-state index contributed by atoms with van der Waals surface area (Å²) in [4.78, 5) is 8.79. The van der Waals surface area contributed by atoms with Crippen LogP contribution in [0, 0.1) is 0 Å². The molecule has 0 saturated heterocycles. The largest absolute Gasteiger partial charge is 0.250 e. The molecule has 2 aromatic rings. The summed E-state index contributed by atoms with van der Waals surface area (Å²) in [6.45, 7) is 2.14. The fraction of sp³-hybridized carbons (Fsp3) is 0.538. The zero-order valence-electron chi connectivity index (χ0n) is 10.8. The Balaban J connectivity index is 1.95. The number of thiol groups is 2. The van der Waals surface area contributed by atoms with Crippen LogP contribution >= 0.6 is 47.9 Å². The van der Waals surface area contributed by atoms with Crippen LogP contribution in [-0.4, -0.2) is 20.5 Å². The van der Waals surface area contributed by atoms with Gasteiger partial charge in [0.2, 0.25) is 0 Å². The zero-order valence-corrected chi connectivity index (χ0v) is 14.2. The van der Waals surface area contributed by atoms with Crippen molar-refractivity contribution in [2.24, 2.45) is 0 Å². The minimum Gasteiger partial charge on any atom is -0.250 e. The molecule has 0 aliphatic heterocycles. The fourth-order valence-electron chi connectivity index (χ4n) is 2.11. The molecule has 6 heteroatoms. The van der Waals surface area contributed by atoms with E-state index in [9.17, 15) is 0 Å². The summed E-state index contributed by atoms with van der Waals surface area (Å²) in [5.41, 5.74) is 0. The molecular weight excluding hydrogens is 312 g/mol. The van der Waals surface area contributed by atoms with Gasteiger partial charge in [0, 0.05) is 40.7 Å². The van der Waals surface area contributed by atoms with Gasteiger partial charge in [0.15, 0.2) is 0 Å². The molecule has 19 heavy (non-hydrogen) atoms. The molecule has 2 nitrogen and oxygen atoms in total. The molecule has 3 atom stereocenters. The van der Waals surface area contributed by atoms with E-state index in [2.05, 4.69) is 29.5 Å². The molecule has 3 unspecified atom stereocenters. The van der Waals surface area contributed by atoms with Crippen LogP contribution < -0.4 is 0 Å². The van der Waals surface area contributed by atoms with Gasteiger partial charge in [-0.15, -0.1) is 22.7 Å². The Hall–Kier alpha value is -0.0400. The second kappa shape index (κ2) is 7.67. The molecule has 2 aromatic heterocycles. The molecule has 0 radical (unpaired) electrons. The van der Waals surface area contributed by atoms with Gasteiger partial charge in [-0.05, 0) is 18.1 Å². The highest BCUT2D eigenvalue weighted by Crippen LogP contribution is 2.31. The van der Waals surface area contributed by atoms with Gasteiger partial charge in [-0.3, -0.25) is 0 Å². The average molecular weight is 331 g/mol. The predicted molar refractivity (Wildman–Crippen MR) is 91.1 cm³/mol. The Morgan fingerprint density at radius 3 is 2.42 bits per heavy atom. The first kappa shape index (κ1) is 15.4. The number of nitrogens with zero attached hydrogens (tertiary/aromatic N) is 2. The van der Waals surface area contributed by atoms with Gasteiger partial charge in [-0.1, -0.05) is 6.92 Å². The highest BCUT2D eigenvalue weighted by Gasteiger charge is 2.20. The summed E-state index contributed by atoms with van der Waals surface area (Å²) in [7, 11) is 0. The third-order valence-electron chi connectivity index (χ3n) is 2.88. The molecule has 0 spiro atoms. The van der Waals surface area contributed by atoms with Crippen LogP contribution in [0.4, 0.5) is 0 Å². The van der Waals surface area contributed by atoms with Crippen molar-refractivity contribution in [2.75, 3.05) is 0 Å². The third-order valence-corrected chi connectivity index (χ3v) is 5.22. The van der Waals surface area contributed by atoms with Gasteiger partial charge in [0.05, 0.1) is 10.0 Å². The number of rotatable bonds is 7. The van der Waals surface area contributed by atoms with Crippen molar-refractivity contribution in [3.63, 3.8) is 0 Å². The van der Waals surface area contributed by atoms with Gasteiger partial charge >= 0.3 is 0 Å². The zero-order chi connectivity index (χ0) is 13.7. The smallest absolute Gasteiger partial charge is 0.0956 e. The molecule has 0 aliphatic rings. The Morgan fingerprint density at radius 2 is 1.84 bits per heavy atom. The lowest BCUT2D eigenvalue weighted by molar-refractivity contribution is 0.559. The van der Waals surface area contributed by atoms with E-state index >= 15 is 0 Å². The first-order valence-corrected chi connectivity index (χ1v) is 9.08. The Bertz CT molecular complexity index is 453.